The Morgan fingerprint density at radius 2 is 1.76 bits per heavy atom. The standard InChI is InChI=1S/C11H19N3O7/c1-5(15)9(11(20)21)14-7(16)4-13-10(19)6(12)2-3-8(17)18/h5-6,9,15H,2-4,12H2,1H3,(H,13,19)(H,14,16)(H,17,18)(H,20,21). The molecule has 10 heteroatoms. The number of hydrogen-bond donors (Lipinski definition) is 6. The number of carboxylic acids is 2. The van der Waals surface area contributed by atoms with Crippen LogP contribution in [0.3, 0.4) is 0 Å². The molecule has 0 aromatic heterocycles. The highest BCUT2D eigenvalue weighted by Crippen LogP contribution is 1.95. The van der Waals surface area contributed by atoms with Crippen molar-refractivity contribution in [3.8, 4) is 0 Å². The Balaban J connectivity index is 4.20. The van der Waals surface area contributed by atoms with Gasteiger partial charge in [-0.3, -0.25) is 14.4 Å². The van der Waals surface area contributed by atoms with Crippen LogP contribution in [0.15, 0.2) is 0 Å². The SMILES string of the molecule is CC(O)C(NC(=O)CNC(=O)C(N)CCC(=O)O)C(=O)O. The second-order valence-electron chi connectivity index (χ2n) is 4.38. The van der Waals surface area contributed by atoms with Crippen molar-refractivity contribution in [3.63, 3.8) is 0 Å². The summed E-state index contributed by atoms with van der Waals surface area (Å²) in [7, 11) is 0. The van der Waals surface area contributed by atoms with E-state index in [0.717, 1.165) is 0 Å². The first-order chi connectivity index (χ1) is 9.65. The van der Waals surface area contributed by atoms with E-state index in [-0.39, 0.29) is 12.8 Å². The number of aliphatic carboxylic acids is 2. The summed E-state index contributed by atoms with van der Waals surface area (Å²) in [6.07, 6.45) is -1.68. The first kappa shape index (κ1) is 18.8. The number of aliphatic hydroxyl groups excluding tert-OH is 1. The zero-order valence-corrected chi connectivity index (χ0v) is 11.4. The zero-order chi connectivity index (χ0) is 16.6. The van der Waals surface area contributed by atoms with Crippen LogP contribution in [0, 0.1) is 0 Å². The number of aliphatic hydroxyl groups is 1. The van der Waals surface area contributed by atoms with Gasteiger partial charge >= 0.3 is 11.9 Å². The topological polar surface area (TPSA) is 179 Å². The molecular formula is C11H19N3O7. The van der Waals surface area contributed by atoms with Crippen LogP contribution in [0.4, 0.5) is 0 Å². The van der Waals surface area contributed by atoms with Crippen LogP contribution in [0.25, 0.3) is 0 Å². The summed E-state index contributed by atoms with van der Waals surface area (Å²) < 4.78 is 0. The number of amides is 2. The van der Waals surface area contributed by atoms with E-state index in [9.17, 15) is 19.2 Å². The van der Waals surface area contributed by atoms with Crippen molar-refractivity contribution in [2.24, 2.45) is 5.73 Å². The molecule has 3 unspecified atom stereocenters. The Kier molecular flexibility index (Phi) is 7.94. The van der Waals surface area contributed by atoms with E-state index in [1.807, 2.05) is 5.32 Å². The minimum absolute atomic E-state index is 0.0891. The van der Waals surface area contributed by atoms with Crippen LogP contribution in [0.5, 0.6) is 0 Å². The summed E-state index contributed by atoms with van der Waals surface area (Å²) in [5, 5.41) is 30.5. The molecule has 0 aliphatic carbocycles. The largest absolute Gasteiger partial charge is 0.481 e. The molecule has 0 aromatic carbocycles. The van der Waals surface area contributed by atoms with Gasteiger partial charge in [0.1, 0.15) is 0 Å². The highest BCUT2D eigenvalue weighted by molar-refractivity contribution is 5.89. The van der Waals surface area contributed by atoms with Crippen molar-refractivity contribution in [2.45, 2.75) is 38.0 Å². The van der Waals surface area contributed by atoms with E-state index in [4.69, 9.17) is 21.1 Å². The second-order valence-corrected chi connectivity index (χ2v) is 4.38. The lowest BCUT2D eigenvalue weighted by atomic mass is 10.1. The molecule has 0 fully saturated rings. The maximum atomic E-state index is 11.4. The summed E-state index contributed by atoms with van der Waals surface area (Å²) in [6.45, 7) is 0.662. The van der Waals surface area contributed by atoms with Crippen LogP contribution in [0.1, 0.15) is 19.8 Å². The maximum absolute atomic E-state index is 11.4. The predicted octanol–water partition coefficient (Wildman–Crippen LogP) is -2.76. The number of carbonyl (C=O) groups excluding carboxylic acids is 2. The van der Waals surface area contributed by atoms with Crippen molar-refractivity contribution in [3.05, 3.63) is 0 Å². The van der Waals surface area contributed by atoms with Crippen molar-refractivity contribution in [1.29, 1.82) is 0 Å². The van der Waals surface area contributed by atoms with Gasteiger partial charge in [0.2, 0.25) is 11.8 Å². The van der Waals surface area contributed by atoms with Crippen LogP contribution in [0.2, 0.25) is 0 Å². The van der Waals surface area contributed by atoms with Gasteiger partial charge in [0.25, 0.3) is 0 Å². The summed E-state index contributed by atoms with van der Waals surface area (Å²) in [5.74, 6) is -4.06. The van der Waals surface area contributed by atoms with Crippen molar-refractivity contribution in [2.75, 3.05) is 6.54 Å². The van der Waals surface area contributed by atoms with E-state index in [1.165, 1.54) is 6.92 Å². The molecule has 0 bridgehead atoms. The minimum atomic E-state index is -1.49. The normalized spacial score (nSPS) is 14.6. The summed E-state index contributed by atoms with van der Waals surface area (Å²) in [4.78, 5) is 43.9. The molecule has 21 heavy (non-hydrogen) atoms. The molecule has 0 heterocycles. The molecule has 120 valence electrons. The van der Waals surface area contributed by atoms with Gasteiger partial charge in [0.15, 0.2) is 6.04 Å². The molecule has 0 radical (unpaired) electrons. The maximum Gasteiger partial charge on any atom is 0.328 e. The molecule has 0 aromatic rings. The first-order valence-electron chi connectivity index (χ1n) is 6.10. The highest BCUT2D eigenvalue weighted by Gasteiger charge is 2.25. The predicted molar refractivity (Wildman–Crippen MR) is 69.1 cm³/mol. The molecule has 10 nitrogen and oxygen atoms in total. The van der Waals surface area contributed by atoms with Crippen LogP contribution >= 0.6 is 0 Å². The number of carboxylic acid groups (broad SMARTS) is 2. The fourth-order valence-corrected chi connectivity index (χ4v) is 1.32. The quantitative estimate of drug-likeness (QED) is 0.265. The Morgan fingerprint density at radius 3 is 2.19 bits per heavy atom. The minimum Gasteiger partial charge on any atom is -0.481 e. The number of rotatable bonds is 9. The van der Waals surface area contributed by atoms with E-state index >= 15 is 0 Å². The van der Waals surface area contributed by atoms with Gasteiger partial charge in [-0.1, -0.05) is 0 Å². The van der Waals surface area contributed by atoms with Gasteiger partial charge in [-0.05, 0) is 13.3 Å². The number of hydrogen-bond acceptors (Lipinski definition) is 6. The van der Waals surface area contributed by atoms with E-state index in [1.54, 1.807) is 0 Å². The van der Waals surface area contributed by atoms with Crippen LogP contribution < -0.4 is 16.4 Å². The molecule has 0 spiro atoms. The molecule has 3 atom stereocenters. The summed E-state index contributed by atoms with van der Waals surface area (Å²) >= 11 is 0. The summed E-state index contributed by atoms with van der Waals surface area (Å²) in [5.41, 5.74) is 5.41. The Morgan fingerprint density at radius 1 is 1.19 bits per heavy atom. The van der Waals surface area contributed by atoms with Gasteiger partial charge in [0, 0.05) is 6.42 Å². The van der Waals surface area contributed by atoms with Gasteiger partial charge in [0.05, 0.1) is 18.7 Å². The van der Waals surface area contributed by atoms with E-state index in [2.05, 4.69) is 5.32 Å². The second kappa shape index (κ2) is 8.87. The van der Waals surface area contributed by atoms with Crippen molar-refractivity contribution in [1.82, 2.24) is 10.6 Å². The average molecular weight is 305 g/mol. The third-order valence-corrected chi connectivity index (χ3v) is 2.49. The Bertz CT molecular complexity index is 411. The van der Waals surface area contributed by atoms with Gasteiger partial charge in [-0.25, -0.2) is 4.79 Å². The van der Waals surface area contributed by atoms with Crippen molar-refractivity contribution >= 4 is 23.8 Å². The van der Waals surface area contributed by atoms with Gasteiger partial charge < -0.3 is 31.7 Å². The highest BCUT2D eigenvalue weighted by atomic mass is 16.4. The monoisotopic (exact) mass is 305 g/mol. The Hall–Kier alpha value is -2.20. The van der Waals surface area contributed by atoms with Crippen LogP contribution in [-0.4, -0.2) is 63.8 Å². The summed E-state index contributed by atoms with van der Waals surface area (Å²) in [6, 6.07) is -2.57. The molecule has 2 amide bonds. The molecular weight excluding hydrogens is 286 g/mol. The number of nitrogens with two attached hydrogens (primary N) is 1. The van der Waals surface area contributed by atoms with Gasteiger partial charge in [-0.15, -0.1) is 0 Å². The lowest BCUT2D eigenvalue weighted by Crippen LogP contribution is -2.51. The first-order valence-corrected chi connectivity index (χ1v) is 6.10. The van der Waals surface area contributed by atoms with Crippen molar-refractivity contribution < 1.29 is 34.5 Å². The zero-order valence-electron chi connectivity index (χ0n) is 11.4. The van der Waals surface area contributed by atoms with Crippen LogP contribution in [-0.2, 0) is 19.2 Å². The molecule has 0 saturated heterocycles. The molecule has 7 N–H and O–H groups in total. The fraction of sp³-hybridized carbons (Fsp3) is 0.636. The molecule has 0 aliphatic rings. The fourth-order valence-electron chi connectivity index (χ4n) is 1.32. The van der Waals surface area contributed by atoms with E-state index < -0.39 is 48.5 Å². The third kappa shape index (κ3) is 7.84. The average Bonchev–Trinajstić information content (AvgIpc) is 2.38. The van der Waals surface area contributed by atoms with E-state index in [0.29, 0.717) is 0 Å². The molecule has 0 saturated carbocycles. The lowest BCUT2D eigenvalue weighted by Gasteiger charge is -2.17. The van der Waals surface area contributed by atoms with Gasteiger partial charge in [-0.2, -0.15) is 0 Å². The third-order valence-electron chi connectivity index (χ3n) is 2.49. The molecule has 0 rings (SSSR count). The number of nitrogens with one attached hydrogen (secondary N) is 2. The lowest BCUT2D eigenvalue weighted by molar-refractivity contribution is -0.144. The molecule has 0 aliphatic heterocycles. The number of carbonyl (C=O) groups is 4. The smallest absolute Gasteiger partial charge is 0.328 e. The Labute approximate surface area is 120 Å².